The van der Waals surface area contributed by atoms with Gasteiger partial charge >= 0.3 is 5.97 Å². The number of amides is 1. The second-order valence-electron chi connectivity index (χ2n) is 3.60. The number of cyclic esters (lactones) is 1. The first kappa shape index (κ1) is 10.0. The summed E-state index contributed by atoms with van der Waals surface area (Å²) < 4.78 is 4.95. The van der Waals surface area contributed by atoms with Gasteiger partial charge in [-0.25, -0.2) is 0 Å². The molecule has 1 rings (SSSR count). The fraction of sp³-hybridized carbons (Fsp3) is 0.778. The van der Waals surface area contributed by atoms with Gasteiger partial charge in [0.2, 0.25) is 5.91 Å². The monoisotopic (exact) mass is 185 g/mol. The number of carbonyl (C=O) groups is 2. The van der Waals surface area contributed by atoms with Gasteiger partial charge in [0.05, 0.1) is 12.5 Å². The van der Waals surface area contributed by atoms with Crippen molar-refractivity contribution < 1.29 is 14.3 Å². The SMILES string of the molecule is CC(C)C1COC(=O)CCC(=O)N1. The quantitative estimate of drug-likeness (QED) is 0.604. The average molecular weight is 185 g/mol. The summed E-state index contributed by atoms with van der Waals surface area (Å²) in [7, 11) is 0. The minimum Gasteiger partial charge on any atom is -0.463 e. The standard InChI is InChI=1S/C9H15NO3/c1-6(2)7-5-13-9(12)4-3-8(11)10-7/h6-7H,3-5H2,1-2H3,(H,10,11). The summed E-state index contributed by atoms with van der Waals surface area (Å²) in [6, 6.07) is -0.0447. The lowest BCUT2D eigenvalue weighted by Gasteiger charge is -2.24. The molecule has 1 atom stereocenters. The van der Waals surface area contributed by atoms with Crippen molar-refractivity contribution in [2.75, 3.05) is 6.61 Å². The Balaban J connectivity index is 2.55. The average Bonchev–Trinajstić information content (AvgIpc) is 2.05. The molecule has 0 radical (unpaired) electrons. The van der Waals surface area contributed by atoms with Crippen molar-refractivity contribution in [2.45, 2.75) is 32.7 Å². The minimum atomic E-state index is -0.277. The Morgan fingerprint density at radius 1 is 1.38 bits per heavy atom. The van der Waals surface area contributed by atoms with Crippen LogP contribution in [0, 0.1) is 5.92 Å². The van der Waals surface area contributed by atoms with Crippen LogP contribution in [0.4, 0.5) is 0 Å². The minimum absolute atomic E-state index is 0.0447. The number of carbonyl (C=O) groups excluding carboxylic acids is 2. The molecular formula is C9H15NO3. The third-order valence-corrected chi connectivity index (χ3v) is 2.13. The molecule has 1 saturated heterocycles. The van der Waals surface area contributed by atoms with Gasteiger partial charge in [0.1, 0.15) is 6.61 Å². The van der Waals surface area contributed by atoms with Gasteiger partial charge in [-0.05, 0) is 5.92 Å². The van der Waals surface area contributed by atoms with Gasteiger partial charge in [-0.2, -0.15) is 0 Å². The highest BCUT2D eigenvalue weighted by Gasteiger charge is 2.21. The highest BCUT2D eigenvalue weighted by Crippen LogP contribution is 2.07. The zero-order chi connectivity index (χ0) is 9.84. The van der Waals surface area contributed by atoms with Gasteiger partial charge in [0, 0.05) is 6.42 Å². The van der Waals surface area contributed by atoms with E-state index >= 15 is 0 Å². The Morgan fingerprint density at radius 2 is 2.08 bits per heavy atom. The van der Waals surface area contributed by atoms with Crippen LogP contribution in [0.1, 0.15) is 26.7 Å². The number of hydrogen-bond donors (Lipinski definition) is 1. The summed E-state index contributed by atoms with van der Waals surface area (Å²) in [5, 5.41) is 2.82. The number of nitrogens with one attached hydrogen (secondary N) is 1. The van der Waals surface area contributed by atoms with Crippen LogP contribution in [-0.4, -0.2) is 24.5 Å². The van der Waals surface area contributed by atoms with Crippen LogP contribution in [0.2, 0.25) is 0 Å². The van der Waals surface area contributed by atoms with Gasteiger partial charge in [-0.3, -0.25) is 9.59 Å². The molecule has 0 aromatic carbocycles. The molecule has 1 fully saturated rings. The molecule has 0 bridgehead atoms. The van der Waals surface area contributed by atoms with Crippen LogP contribution in [0.5, 0.6) is 0 Å². The van der Waals surface area contributed by atoms with E-state index in [0.717, 1.165) is 0 Å². The molecule has 1 N–H and O–H groups in total. The second kappa shape index (κ2) is 4.25. The molecular weight excluding hydrogens is 170 g/mol. The Kier molecular flexibility index (Phi) is 3.28. The zero-order valence-electron chi connectivity index (χ0n) is 8.00. The number of hydrogen-bond acceptors (Lipinski definition) is 3. The van der Waals surface area contributed by atoms with E-state index in [9.17, 15) is 9.59 Å². The topological polar surface area (TPSA) is 55.4 Å². The summed E-state index contributed by atoms with van der Waals surface area (Å²) in [6.07, 6.45) is 0.429. The van der Waals surface area contributed by atoms with Gasteiger partial charge in [0.25, 0.3) is 0 Å². The Bertz CT molecular complexity index is 213. The summed E-state index contributed by atoms with van der Waals surface area (Å²) in [5.41, 5.74) is 0. The predicted octanol–water partition coefficient (Wildman–Crippen LogP) is 0.464. The molecule has 0 spiro atoms. The maximum atomic E-state index is 11.2. The maximum Gasteiger partial charge on any atom is 0.306 e. The van der Waals surface area contributed by atoms with E-state index in [-0.39, 0.29) is 36.7 Å². The Hall–Kier alpha value is -1.06. The molecule has 0 saturated carbocycles. The van der Waals surface area contributed by atoms with Crippen molar-refractivity contribution in [1.82, 2.24) is 5.32 Å². The van der Waals surface area contributed by atoms with Crippen LogP contribution in [-0.2, 0) is 14.3 Å². The molecule has 1 aliphatic rings. The molecule has 1 aliphatic heterocycles. The predicted molar refractivity (Wildman–Crippen MR) is 47.0 cm³/mol. The lowest BCUT2D eigenvalue weighted by molar-refractivity contribution is -0.148. The fourth-order valence-electron chi connectivity index (χ4n) is 1.15. The van der Waals surface area contributed by atoms with E-state index < -0.39 is 0 Å². The fourth-order valence-corrected chi connectivity index (χ4v) is 1.15. The largest absolute Gasteiger partial charge is 0.463 e. The number of esters is 1. The molecule has 0 aromatic heterocycles. The maximum absolute atomic E-state index is 11.2. The molecule has 1 unspecified atom stereocenters. The van der Waals surface area contributed by atoms with Crippen LogP contribution >= 0.6 is 0 Å². The van der Waals surface area contributed by atoms with Crippen molar-refractivity contribution in [1.29, 1.82) is 0 Å². The Morgan fingerprint density at radius 3 is 2.69 bits per heavy atom. The molecule has 4 nitrogen and oxygen atoms in total. The first-order valence-electron chi connectivity index (χ1n) is 4.54. The van der Waals surface area contributed by atoms with Crippen molar-refractivity contribution in [3.63, 3.8) is 0 Å². The van der Waals surface area contributed by atoms with Gasteiger partial charge in [0.15, 0.2) is 0 Å². The smallest absolute Gasteiger partial charge is 0.306 e. The summed E-state index contributed by atoms with van der Waals surface area (Å²) in [4.78, 5) is 22.1. The normalized spacial score (nSPS) is 24.7. The summed E-state index contributed by atoms with van der Waals surface area (Å²) in [6.45, 7) is 4.27. The van der Waals surface area contributed by atoms with E-state index in [2.05, 4.69) is 5.32 Å². The van der Waals surface area contributed by atoms with Crippen LogP contribution in [0.25, 0.3) is 0 Å². The highest BCUT2D eigenvalue weighted by atomic mass is 16.5. The lowest BCUT2D eigenvalue weighted by atomic mass is 10.0. The molecule has 13 heavy (non-hydrogen) atoms. The van der Waals surface area contributed by atoms with Crippen molar-refractivity contribution in [2.24, 2.45) is 5.92 Å². The number of ether oxygens (including phenoxy) is 1. The zero-order valence-corrected chi connectivity index (χ0v) is 8.00. The van der Waals surface area contributed by atoms with E-state index in [0.29, 0.717) is 6.61 Å². The van der Waals surface area contributed by atoms with Crippen LogP contribution in [0.3, 0.4) is 0 Å². The first-order chi connectivity index (χ1) is 6.09. The third kappa shape index (κ3) is 3.05. The molecule has 0 aromatic rings. The first-order valence-corrected chi connectivity index (χ1v) is 4.54. The van der Waals surface area contributed by atoms with Crippen molar-refractivity contribution in [3.8, 4) is 0 Å². The van der Waals surface area contributed by atoms with E-state index in [1.165, 1.54) is 0 Å². The molecule has 0 aliphatic carbocycles. The van der Waals surface area contributed by atoms with Gasteiger partial charge < -0.3 is 10.1 Å². The van der Waals surface area contributed by atoms with Gasteiger partial charge in [-0.1, -0.05) is 13.8 Å². The van der Waals surface area contributed by atoms with E-state index in [1.807, 2.05) is 13.8 Å². The van der Waals surface area contributed by atoms with E-state index in [1.54, 1.807) is 0 Å². The van der Waals surface area contributed by atoms with Gasteiger partial charge in [-0.15, -0.1) is 0 Å². The van der Waals surface area contributed by atoms with Crippen molar-refractivity contribution in [3.05, 3.63) is 0 Å². The molecule has 74 valence electrons. The summed E-state index contributed by atoms with van der Waals surface area (Å²) >= 11 is 0. The Labute approximate surface area is 77.6 Å². The van der Waals surface area contributed by atoms with Crippen LogP contribution < -0.4 is 5.32 Å². The van der Waals surface area contributed by atoms with Crippen molar-refractivity contribution >= 4 is 11.9 Å². The molecule has 4 heteroatoms. The second-order valence-corrected chi connectivity index (χ2v) is 3.60. The van der Waals surface area contributed by atoms with E-state index in [4.69, 9.17) is 4.74 Å². The third-order valence-electron chi connectivity index (χ3n) is 2.13. The lowest BCUT2D eigenvalue weighted by Crippen LogP contribution is -2.44. The highest BCUT2D eigenvalue weighted by molar-refractivity contribution is 5.82. The van der Waals surface area contributed by atoms with Crippen LogP contribution in [0.15, 0.2) is 0 Å². The number of rotatable bonds is 1. The summed E-state index contributed by atoms with van der Waals surface area (Å²) in [5.74, 6) is -0.0503. The molecule has 1 heterocycles. The molecule has 1 amide bonds.